The zero-order chi connectivity index (χ0) is 21.6. The van der Waals surface area contributed by atoms with E-state index in [-0.39, 0.29) is 12.0 Å². The van der Waals surface area contributed by atoms with Crippen molar-refractivity contribution in [2.75, 3.05) is 49.1 Å². The predicted molar refractivity (Wildman–Crippen MR) is 121 cm³/mol. The Morgan fingerprint density at radius 2 is 1.77 bits per heavy atom. The van der Waals surface area contributed by atoms with Gasteiger partial charge in [-0.2, -0.15) is 0 Å². The van der Waals surface area contributed by atoms with E-state index >= 15 is 0 Å². The number of carbonyl (C=O) groups is 1. The standard InChI is InChI=1S/C23H32N6O2/c1-3-27(4-2)20-10-11-21(26-25-20)28-13-15-29(16-14-28)23(30)18-9-12-22(24-17-18)31-19-7-5-6-8-19/h9-12,17,19H,3-8,13-16H2,1-2H3. The van der Waals surface area contributed by atoms with Gasteiger partial charge in [0, 0.05) is 51.5 Å². The van der Waals surface area contributed by atoms with E-state index in [2.05, 4.69) is 38.8 Å². The molecule has 2 aliphatic rings. The third kappa shape index (κ3) is 5.06. The monoisotopic (exact) mass is 424 g/mol. The molecule has 2 fully saturated rings. The van der Waals surface area contributed by atoms with Crippen molar-refractivity contribution in [1.82, 2.24) is 20.1 Å². The van der Waals surface area contributed by atoms with Crippen LogP contribution in [-0.4, -0.2) is 71.4 Å². The topological polar surface area (TPSA) is 74.7 Å². The molecule has 1 saturated heterocycles. The fraction of sp³-hybridized carbons (Fsp3) is 0.565. The molecular weight excluding hydrogens is 392 g/mol. The molecule has 1 amide bonds. The molecule has 2 aromatic heterocycles. The molecule has 8 heteroatoms. The minimum Gasteiger partial charge on any atom is -0.474 e. The van der Waals surface area contributed by atoms with Gasteiger partial charge in [-0.05, 0) is 57.7 Å². The van der Waals surface area contributed by atoms with Crippen LogP contribution < -0.4 is 14.5 Å². The lowest BCUT2D eigenvalue weighted by Gasteiger charge is -2.35. The molecule has 0 radical (unpaired) electrons. The lowest BCUT2D eigenvalue weighted by Crippen LogP contribution is -2.49. The third-order valence-electron chi connectivity index (χ3n) is 6.19. The van der Waals surface area contributed by atoms with Gasteiger partial charge in [-0.3, -0.25) is 4.79 Å². The van der Waals surface area contributed by atoms with Crippen molar-refractivity contribution in [3.05, 3.63) is 36.0 Å². The fourth-order valence-corrected chi connectivity index (χ4v) is 4.28. The van der Waals surface area contributed by atoms with Crippen LogP contribution in [0.25, 0.3) is 0 Å². The molecule has 2 aromatic rings. The summed E-state index contributed by atoms with van der Waals surface area (Å²) in [4.78, 5) is 23.5. The molecule has 0 atom stereocenters. The smallest absolute Gasteiger partial charge is 0.255 e. The lowest BCUT2D eigenvalue weighted by atomic mass is 10.2. The van der Waals surface area contributed by atoms with Gasteiger partial charge in [0.05, 0.1) is 5.56 Å². The molecule has 3 heterocycles. The van der Waals surface area contributed by atoms with Gasteiger partial charge >= 0.3 is 0 Å². The zero-order valence-electron chi connectivity index (χ0n) is 18.5. The molecule has 166 valence electrons. The summed E-state index contributed by atoms with van der Waals surface area (Å²) in [5.74, 6) is 2.39. The summed E-state index contributed by atoms with van der Waals surface area (Å²) < 4.78 is 5.90. The van der Waals surface area contributed by atoms with E-state index in [1.54, 1.807) is 6.20 Å². The summed E-state index contributed by atoms with van der Waals surface area (Å²) in [6.45, 7) is 8.82. The Morgan fingerprint density at radius 3 is 2.35 bits per heavy atom. The highest BCUT2D eigenvalue weighted by atomic mass is 16.5. The van der Waals surface area contributed by atoms with Crippen LogP contribution in [0.5, 0.6) is 5.88 Å². The first-order valence-electron chi connectivity index (χ1n) is 11.4. The molecule has 1 saturated carbocycles. The second kappa shape index (κ2) is 9.94. The van der Waals surface area contributed by atoms with Crippen LogP contribution in [0.15, 0.2) is 30.5 Å². The number of hydrogen-bond donors (Lipinski definition) is 0. The van der Waals surface area contributed by atoms with Gasteiger partial charge in [-0.15, -0.1) is 10.2 Å². The number of nitrogens with zero attached hydrogens (tertiary/aromatic N) is 6. The van der Waals surface area contributed by atoms with Crippen molar-refractivity contribution >= 4 is 17.5 Å². The summed E-state index contributed by atoms with van der Waals surface area (Å²) in [5, 5.41) is 8.78. The Morgan fingerprint density at radius 1 is 1.03 bits per heavy atom. The maximum absolute atomic E-state index is 12.9. The van der Waals surface area contributed by atoms with E-state index in [9.17, 15) is 4.79 Å². The number of pyridine rings is 1. The summed E-state index contributed by atoms with van der Waals surface area (Å²) in [6.07, 6.45) is 6.53. The number of aromatic nitrogens is 3. The second-order valence-electron chi connectivity index (χ2n) is 8.11. The molecule has 1 aliphatic heterocycles. The normalized spacial score (nSPS) is 17.1. The highest BCUT2D eigenvalue weighted by molar-refractivity contribution is 5.94. The molecule has 0 N–H and O–H groups in total. The van der Waals surface area contributed by atoms with E-state index in [4.69, 9.17) is 4.74 Å². The number of amides is 1. The van der Waals surface area contributed by atoms with E-state index in [0.29, 0.717) is 24.5 Å². The summed E-state index contributed by atoms with van der Waals surface area (Å²) in [7, 11) is 0. The molecule has 0 bridgehead atoms. The first-order valence-corrected chi connectivity index (χ1v) is 11.4. The quantitative estimate of drug-likeness (QED) is 0.676. The maximum Gasteiger partial charge on any atom is 0.255 e. The SMILES string of the molecule is CCN(CC)c1ccc(N2CCN(C(=O)c3ccc(OC4CCCC4)nc3)CC2)nn1. The molecule has 0 unspecified atom stereocenters. The van der Waals surface area contributed by atoms with E-state index in [0.717, 1.165) is 50.7 Å². The third-order valence-corrected chi connectivity index (χ3v) is 6.19. The molecular formula is C23H32N6O2. The van der Waals surface area contributed by atoms with Crippen LogP contribution in [0.4, 0.5) is 11.6 Å². The molecule has 31 heavy (non-hydrogen) atoms. The average Bonchev–Trinajstić information content (AvgIpc) is 3.34. The maximum atomic E-state index is 12.9. The Balaban J connectivity index is 1.30. The number of anilines is 2. The summed E-state index contributed by atoms with van der Waals surface area (Å²) >= 11 is 0. The van der Waals surface area contributed by atoms with Crippen molar-refractivity contribution in [1.29, 1.82) is 0 Å². The lowest BCUT2D eigenvalue weighted by molar-refractivity contribution is 0.0746. The van der Waals surface area contributed by atoms with Gasteiger partial charge < -0.3 is 19.4 Å². The zero-order valence-corrected chi connectivity index (χ0v) is 18.5. The van der Waals surface area contributed by atoms with E-state index in [1.807, 2.05) is 29.2 Å². The number of hydrogen-bond acceptors (Lipinski definition) is 7. The Hall–Kier alpha value is -2.90. The van der Waals surface area contributed by atoms with Crippen LogP contribution in [0.1, 0.15) is 49.9 Å². The number of ether oxygens (including phenoxy) is 1. The predicted octanol–water partition coefficient (Wildman–Crippen LogP) is 3.00. The molecule has 1 aliphatic carbocycles. The van der Waals surface area contributed by atoms with E-state index < -0.39 is 0 Å². The van der Waals surface area contributed by atoms with Crippen LogP contribution in [0, 0.1) is 0 Å². The molecule has 4 rings (SSSR count). The molecule has 8 nitrogen and oxygen atoms in total. The Bertz CT molecular complexity index is 839. The van der Waals surface area contributed by atoms with E-state index in [1.165, 1.54) is 12.8 Å². The van der Waals surface area contributed by atoms with Crippen molar-refractivity contribution in [2.24, 2.45) is 0 Å². The first kappa shape index (κ1) is 21.3. The summed E-state index contributed by atoms with van der Waals surface area (Å²) in [6, 6.07) is 7.68. The van der Waals surface area contributed by atoms with Crippen molar-refractivity contribution in [2.45, 2.75) is 45.6 Å². The number of piperazine rings is 1. The van der Waals surface area contributed by atoms with Gasteiger partial charge in [0.2, 0.25) is 5.88 Å². The van der Waals surface area contributed by atoms with Gasteiger partial charge in [-0.1, -0.05) is 0 Å². The van der Waals surface area contributed by atoms with Crippen LogP contribution in [0.3, 0.4) is 0 Å². The largest absolute Gasteiger partial charge is 0.474 e. The minimum atomic E-state index is 0.0162. The number of carbonyl (C=O) groups excluding carboxylic acids is 1. The summed E-state index contributed by atoms with van der Waals surface area (Å²) in [5.41, 5.74) is 0.607. The first-order chi connectivity index (χ1) is 15.2. The minimum absolute atomic E-state index is 0.0162. The van der Waals surface area contributed by atoms with Crippen molar-refractivity contribution in [3.63, 3.8) is 0 Å². The van der Waals surface area contributed by atoms with Gasteiger partial charge in [-0.25, -0.2) is 4.98 Å². The van der Waals surface area contributed by atoms with Crippen LogP contribution in [-0.2, 0) is 0 Å². The highest BCUT2D eigenvalue weighted by Gasteiger charge is 2.24. The van der Waals surface area contributed by atoms with Crippen LogP contribution >= 0.6 is 0 Å². The molecule has 0 spiro atoms. The van der Waals surface area contributed by atoms with Crippen molar-refractivity contribution < 1.29 is 9.53 Å². The molecule has 0 aromatic carbocycles. The Labute approximate surface area is 184 Å². The van der Waals surface area contributed by atoms with Crippen LogP contribution in [0.2, 0.25) is 0 Å². The average molecular weight is 425 g/mol. The highest BCUT2D eigenvalue weighted by Crippen LogP contribution is 2.23. The van der Waals surface area contributed by atoms with Gasteiger partial charge in [0.1, 0.15) is 6.10 Å². The second-order valence-corrected chi connectivity index (χ2v) is 8.11. The fourth-order valence-electron chi connectivity index (χ4n) is 4.28. The van der Waals surface area contributed by atoms with Gasteiger partial charge in [0.15, 0.2) is 11.6 Å². The van der Waals surface area contributed by atoms with Crippen molar-refractivity contribution in [3.8, 4) is 5.88 Å². The Kier molecular flexibility index (Phi) is 6.84. The number of rotatable bonds is 7. The van der Waals surface area contributed by atoms with Gasteiger partial charge in [0.25, 0.3) is 5.91 Å².